The van der Waals surface area contributed by atoms with E-state index in [1.165, 1.54) is 17.7 Å². The molecular weight excluding hydrogens is 362 g/mol. The maximum absolute atomic E-state index is 12.4. The van der Waals surface area contributed by atoms with Crippen LogP contribution >= 0.6 is 11.3 Å². The van der Waals surface area contributed by atoms with Crippen LogP contribution in [-0.4, -0.2) is 17.4 Å². The number of aryl methyl sites for hydroxylation is 1. The number of nitro groups is 1. The fourth-order valence-electron chi connectivity index (χ4n) is 2.82. The molecule has 3 N–H and O–H groups in total. The van der Waals surface area contributed by atoms with Crippen molar-refractivity contribution < 1.29 is 15.0 Å². The first-order valence-corrected chi connectivity index (χ1v) is 9.39. The SMILES string of the molecule is Cc1ccc([C@@H]([NH2+]CC(=O)Nc2ccccc2[N+](=O)[O-])c2cccs2)cc1. The average molecular weight is 382 g/mol. The van der Waals surface area contributed by atoms with Gasteiger partial charge in [-0.1, -0.05) is 48.0 Å². The summed E-state index contributed by atoms with van der Waals surface area (Å²) in [5, 5.41) is 17.7. The van der Waals surface area contributed by atoms with Crippen LogP contribution in [0.5, 0.6) is 0 Å². The van der Waals surface area contributed by atoms with Crippen molar-refractivity contribution in [1.82, 2.24) is 0 Å². The summed E-state index contributed by atoms with van der Waals surface area (Å²) in [5.74, 6) is -0.280. The van der Waals surface area contributed by atoms with Crippen LogP contribution in [0.3, 0.4) is 0 Å². The number of thiophene rings is 1. The highest BCUT2D eigenvalue weighted by Crippen LogP contribution is 2.24. The van der Waals surface area contributed by atoms with E-state index >= 15 is 0 Å². The first-order chi connectivity index (χ1) is 13.0. The summed E-state index contributed by atoms with van der Waals surface area (Å²) in [6, 6.07) is 18.4. The molecule has 1 heterocycles. The lowest BCUT2D eigenvalue weighted by molar-refractivity contribution is -0.675. The predicted octanol–water partition coefficient (Wildman–Crippen LogP) is 3.26. The Balaban J connectivity index is 1.71. The summed E-state index contributed by atoms with van der Waals surface area (Å²) < 4.78 is 0. The molecule has 0 bridgehead atoms. The molecule has 3 rings (SSSR count). The molecule has 138 valence electrons. The minimum atomic E-state index is -0.500. The van der Waals surface area contributed by atoms with E-state index in [0.29, 0.717) is 0 Å². The zero-order valence-corrected chi connectivity index (χ0v) is 15.6. The fraction of sp³-hybridized carbons (Fsp3) is 0.150. The number of nitro benzene ring substituents is 1. The minimum absolute atomic E-state index is 0.00195. The van der Waals surface area contributed by atoms with Crippen molar-refractivity contribution in [3.05, 3.63) is 92.2 Å². The Kier molecular flexibility index (Phi) is 5.95. The third kappa shape index (κ3) is 4.78. The molecule has 3 aromatic rings. The topological polar surface area (TPSA) is 88.8 Å². The van der Waals surface area contributed by atoms with E-state index in [1.807, 2.05) is 29.8 Å². The molecule has 0 saturated heterocycles. The van der Waals surface area contributed by atoms with Crippen LogP contribution in [0.2, 0.25) is 0 Å². The molecule has 7 heteroatoms. The summed E-state index contributed by atoms with van der Waals surface area (Å²) in [5.41, 5.74) is 2.39. The second kappa shape index (κ2) is 8.57. The summed E-state index contributed by atoms with van der Waals surface area (Å²) in [4.78, 5) is 24.1. The Morgan fingerprint density at radius 1 is 1.15 bits per heavy atom. The maximum Gasteiger partial charge on any atom is 0.292 e. The van der Waals surface area contributed by atoms with Gasteiger partial charge in [-0.15, -0.1) is 11.3 Å². The number of nitrogens with one attached hydrogen (secondary N) is 1. The quantitative estimate of drug-likeness (QED) is 0.486. The highest BCUT2D eigenvalue weighted by Gasteiger charge is 2.21. The van der Waals surface area contributed by atoms with Gasteiger partial charge in [-0.05, 0) is 24.4 Å². The first-order valence-electron chi connectivity index (χ1n) is 8.51. The number of benzene rings is 2. The lowest BCUT2D eigenvalue weighted by Crippen LogP contribution is -2.87. The molecule has 1 amide bonds. The molecule has 6 nitrogen and oxygen atoms in total. The number of quaternary nitrogens is 1. The zero-order chi connectivity index (χ0) is 19.2. The molecule has 0 unspecified atom stereocenters. The summed E-state index contributed by atoms with van der Waals surface area (Å²) in [6.45, 7) is 2.19. The lowest BCUT2D eigenvalue weighted by atomic mass is 10.0. The monoisotopic (exact) mass is 382 g/mol. The van der Waals surface area contributed by atoms with Gasteiger partial charge in [0.1, 0.15) is 11.7 Å². The maximum atomic E-state index is 12.4. The van der Waals surface area contributed by atoms with Crippen LogP contribution in [-0.2, 0) is 4.79 Å². The average Bonchev–Trinajstić information content (AvgIpc) is 3.18. The Bertz CT molecular complexity index is 924. The van der Waals surface area contributed by atoms with Gasteiger partial charge in [0.15, 0.2) is 6.54 Å². The molecule has 2 aromatic carbocycles. The van der Waals surface area contributed by atoms with Crippen molar-refractivity contribution in [2.75, 3.05) is 11.9 Å². The number of anilines is 1. The van der Waals surface area contributed by atoms with E-state index in [-0.39, 0.29) is 29.9 Å². The predicted molar refractivity (Wildman–Crippen MR) is 106 cm³/mol. The van der Waals surface area contributed by atoms with Crippen molar-refractivity contribution in [1.29, 1.82) is 0 Å². The van der Waals surface area contributed by atoms with Gasteiger partial charge in [0.25, 0.3) is 11.6 Å². The van der Waals surface area contributed by atoms with Crippen molar-refractivity contribution in [2.45, 2.75) is 13.0 Å². The van der Waals surface area contributed by atoms with E-state index in [9.17, 15) is 14.9 Å². The third-order valence-corrected chi connectivity index (χ3v) is 5.16. The largest absolute Gasteiger partial charge is 0.328 e. The van der Waals surface area contributed by atoms with Gasteiger partial charge in [0.05, 0.1) is 9.80 Å². The third-order valence-electron chi connectivity index (χ3n) is 4.20. The number of amides is 1. The van der Waals surface area contributed by atoms with Gasteiger partial charge in [-0.25, -0.2) is 0 Å². The standard InChI is InChI=1S/C20H19N3O3S/c1-14-8-10-15(11-9-14)20(18-7-4-12-27-18)21-13-19(24)22-16-5-2-3-6-17(16)23(25)26/h2-12,20-21H,13H2,1H3,(H,22,24)/p+1/t20-/m1/s1. The summed E-state index contributed by atoms with van der Waals surface area (Å²) in [6.07, 6.45) is 0. The Hall–Kier alpha value is -3.03. The van der Waals surface area contributed by atoms with Gasteiger partial charge in [0, 0.05) is 11.6 Å². The molecule has 0 aliphatic heterocycles. The smallest absolute Gasteiger partial charge is 0.292 e. The summed E-state index contributed by atoms with van der Waals surface area (Å²) >= 11 is 1.64. The van der Waals surface area contributed by atoms with Gasteiger partial charge in [-0.2, -0.15) is 0 Å². The van der Waals surface area contributed by atoms with Gasteiger partial charge >= 0.3 is 0 Å². The number of nitrogens with zero attached hydrogens (tertiary/aromatic N) is 1. The van der Waals surface area contributed by atoms with E-state index in [0.717, 1.165) is 10.4 Å². The zero-order valence-electron chi connectivity index (χ0n) is 14.8. The summed E-state index contributed by atoms with van der Waals surface area (Å²) in [7, 11) is 0. The van der Waals surface area contributed by atoms with Gasteiger partial charge < -0.3 is 10.6 Å². The van der Waals surface area contributed by atoms with E-state index in [2.05, 4.69) is 29.6 Å². The number of hydrogen-bond acceptors (Lipinski definition) is 4. The van der Waals surface area contributed by atoms with Crippen molar-refractivity contribution in [3.8, 4) is 0 Å². The fourth-order valence-corrected chi connectivity index (χ4v) is 3.67. The second-order valence-electron chi connectivity index (χ2n) is 6.17. The van der Waals surface area contributed by atoms with E-state index in [4.69, 9.17) is 0 Å². The van der Waals surface area contributed by atoms with Crippen molar-refractivity contribution in [2.24, 2.45) is 0 Å². The van der Waals surface area contributed by atoms with Crippen LogP contribution < -0.4 is 10.6 Å². The molecule has 0 fully saturated rings. The molecular formula is C20H20N3O3S+. The molecule has 0 aliphatic carbocycles. The van der Waals surface area contributed by atoms with Crippen LogP contribution in [0.1, 0.15) is 22.0 Å². The van der Waals surface area contributed by atoms with Crippen LogP contribution in [0.4, 0.5) is 11.4 Å². The van der Waals surface area contributed by atoms with Crippen LogP contribution in [0.25, 0.3) is 0 Å². The normalized spacial score (nSPS) is 11.7. The van der Waals surface area contributed by atoms with E-state index in [1.54, 1.807) is 23.5 Å². The Labute approximate surface area is 161 Å². The second-order valence-corrected chi connectivity index (χ2v) is 7.15. The van der Waals surface area contributed by atoms with E-state index < -0.39 is 4.92 Å². The minimum Gasteiger partial charge on any atom is -0.328 e. The number of carbonyl (C=O) groups is 1. The number of rotatable bonds is 7. The molecule has 0 saturated carbocycles. The Morgan fingerprint density at radius 2 is 1.89 bits per heavy atom. The number of hydrogen-bond donors (Lipinski definition) is 2. The highest BCUT2D eigenvalue weighted by atomic mass is 32.1. The van der Waals surface area contributed by atoms with Crippen LogP contribution in [0, 0.1) is 17.0 Å². The molecule has 0 radical (unpaired) electrons. The first kappa shape index (κ1) is 18.8. The van der Waals surface area contributed by atoms with Crippen LogP contribution in [0.15, 0.2) is 66.0 Å². The number of nitrogens with two attached hydrogens (primary N) is 1. The Morgan fingerprint density at radius 3 is 2.56 bits per heavy atom. The van der Waals surface area contributed by atoms with Gasteiger partial charge in [-0.3, -0.25) is 14.9 Å². The molecule has 1 aromatic heterocycles. The number of para-hydroxylation sites is 2. The number of carbonyl (C=O) groups excluding carboxylic acids is 1. The molecule has 27 heavy (non-hydrogen) atoms. The molecule has 0 aliphatic rings. The van der Waals surface area contributed by atoms with Crippen molar-refractivity contribution in [3.63, 3.8) is 0 Å². The van der Waals surface area contributed by atoms with Gasteiger partial charge in [0.2, 0.25) is 0 Å². The van der Waals surface area contributed by atoms with Crippen molar-refractivity contribution >= 4 is 28.6 Å². The lowest BCUT2D eigenvalue weighted by Gasteiger charge is -2.15. The molecule has 1 atom stereocenters. The highest BCUT2D eigenvalue weighted by molar-refractivity contribution is 7.10. The molecule has 0 spiro atoms.